The summed E-state index contributed by atoms with van der Waals surface area (Å²) >= 11 is 0. The predicted molar refractivity (Wildman–Crippen MR) is 409 cm³/mol. The molecular weight excluding hydrogens is 1310 g/mol. The Labute approximate surface area is 613 Å². The van der Waals surface area contributed by atoms with Crippen molar-refractivity contribution in [2.75, 3.05) is 39.6 Å². The third-order valence-electron chi connectivity index (χ3n) is 19.2. The van der Waals surface area contributed by atoms with Gasteiger partial charge in [0.15, 0.2) is 12.2 Å². The van der Waals surface area contributed by atoms with Crippen molar-refractivity contribution >= 4 is 39.5 Å². The fraction of sp³-hybridized carbons (Fsp3) is 0.951. The summed E-state index contributed by atoms with van der Waals surface area (Å²) in [6.07, 6.45) is 59.5. The van der Waals surface area contributed by atoms with Crippen LogP contribution in [0.2, 0.25) is 0 Å². The normalized spacial score (nSPS) is 14.2. The Morgan fingerprint density at radius 2 is 0.510 bits per heavy atom. The zero-order valence-corrected chi connectivity index (χ0v) is 67.5. The molecule has 0 saturated heterocycles. The molecule has 3 unspecified atom stereocenters. The van der Waals surface area contributed by atoms with Crippen LogP contribution in [-0.4, -0.2) is 96.7 Å². The molecule has 0 amide bonds. The molecule has 19 heteroatoms. The van der Waals surface area contributed by atoms with Crippen molar-refractivity contribution in [2.24, 2.45) is 17.8 Å². The molecule has 3 N–H and O–H groups in total. The van der Waals surface area contributed by atoms with Crippen LogP contribution in [0.15, 0.2) is 0 Å². The van der Waals surface area contributed by atoms with Crippen molar-refractivity contribution in [3.63, 3.8) is 0 Å². The Balaban J connectivity index is 5.26. The van der Waals surface area contributed by atoms with E-state index in [0.29, 0.717) is 25.7 Å². The van der Waals surface area contributed by atoms with E-state index in [4.69, 9.17) is 37.0 Å². The Kier molecular flexibility index (Phi) is 69.9. The zero-order chi connectivity index (χ0) is 73.7. The monoisotopic (exact) mass is 1470 g/mol. The molecule has 17 nitrogen and oxygen atoms in total. The van der Waals surface area contributed by atoms with Gasteiger partial charge in [0.25, 0.3) is 0 Å². The third kappa shape index (κ3) is 73.0. The van der Waals surface area contributed by atoms with Crippen LogP contribution < -0.4 is 0 Å². The molecule has 0 heterocycles. The van der Waals surface area contributed by atoms with Crippen molar-refractivity contribution in [1.82, 2.24) is 0 Å². The average Bonchev–Trinajstić information content (AvgIpc) is 0.926. The summed E-state index contributed by atoms with van der Waals surface area (Å²) in [6, 6.07) is 0. The lowest BCUT2D eigenvalue weighted by atomic mass is 9.99. The van der Waals surface area contributed by atoms with Gasteiger partial charge in [-0.25, -0.2) is 9.13 Å². The second-order valence-corrected chi connectivity index (χ2v) is 33.3. The van der Waals surface area contributed by atoms with Crippen molar-refractivity contribution in [3.05, 3.63) is 0 Å². The van der Waals surface area contributed by atoms with Crippen LogP contribution in [-0.2, 0) is 65.4 Å². The average molecular weight is 1470 g/mol. The largest absolute Gasteiger partial charge is 0.472 e. The first-order valence-electron chi connectivity index (χ1n) is 41.9. The number of phosphoric ester groups is 2. The van der Waals surface area contributed by atoms with Gasteiger partial charge < -0.3 is 33.8 Å². The van der Waals surface area contributed by atoms with Crippen LogP contribution in [0.25, 0.3) is 0 Å². The van der Waals surface area contributed by atoms with Crippen LogP contribution in [0.4, 0.5) is 0 Å². The van der Waals surface area contributed by atoms with E-state index >= 15 is 0 Å². The molecule has 0 aliphatic heterocycles. The number of ether oxygens (including phenoxy) is 4. The number of esters is 4. The molecule has 0 aliphatic carbocycles. The quantitative estimate of drug-likeness (QED) is 0.0222. The highest BCUT2D eigenvalue weighted by molar-refractivity contribution is 7.47. The minimum absolute atomic E-state index is 0.107. The van der Waals surface area contributed by atoms with E-state index in [0.717, 1.165) is 108 Å². The first kappa shape index (κ1) is 98.1. The molecule has 0 aromatic rings. The van der Waals surface area contributed by atoms with E-state index in [1.807, 2.05) is 0 Å². The molecule has 6 atom stereocenters. The van der Waals surface area contributed by atoms with Gasteiger partial charge in [0.05, 0.1) is 26.4 Å². The summed E-state index contributed by atoms with van der Waals surface area (Å²) in [7, 11) is -9.92. The highest BCUT2D eigenvalue weighted by Crippen LogP contribution is 2.45. The lowest BCUT2D eigenvalue weighted by Gasteiger charge is -2.21. The first-order chi connectivity index (χ1) is 48.3. The van der Waals surface area contributed by atoms with Gasteiger partial charge in [-0.15, -0.1) is 0 Å². The maximum absolute atomic E-state index is 13.1. The third-order valence-corrected chi connectivity index (χ3v) is 21.1. The highest BCUT2D eigenvalue weighted by Gasteiger charge is 2.30. The number of aliphatic hydroxyl groups excluding tert-OH is 1. The standard InChI is InChI=1S/C81H158O17P2/c1-8-10-11-12-13-14-15-21-29-34-43-50-57-64-80(85)98-77(69-92-79(84)63-56-49-42-37-36-40-47-54-61-74(7)9-2)71-96-100(89,90)94-67-75(82)66-93-99(87,88)95-70-76(68-91-78(83)62-55-48-41-33-28-24-20-19-23-27-32-39-46-53-60-73(5)6)97-81(86)65-58-51-44-35-30-25-18-16-17-22-26-31-38-45-52-59-72(3)4/h72-77,82H,8-71H2,1-7H3,(H,87,88)(H,89,90)/t74?,75-,76-,77-/m1/s1. The number of unbranched alkanes of at least 4 members (excludes halogenated alkanes) is 46. The van der Waals surface area contributed by atoms with Gasteiger partial charge in [0.1, 0.15) is 19.3 Å². The van der Waals surface area contributed by atoms with E-state index in [1.54, 1.807) is 0 Å². The van der Waals surface area contributed by atoms with Crippen LogP contribution in [0.3, 0.4) is 0 Å². The van der Waals surface area contributed by atoms with Crippen LogP contribution in [0.5, 0.6) is 0 Å². The van der Waals surface area contributed by atoms with Gasteiger partial charge in [0.2, 0.25) is 0 Å². The van der Waals surface area contributed by atoms with Crippen molar-refractivity contribution in [2.45, 2.75) is 439 Å². The van der Waals surface area contributed by atoms with Crippen molar-refractivity contribution < 1.29 is 80.2 Å². The molecule has 0 aliphatic rings. The molecule has 0 aromatic carbocycles. The second kappa shape index (κ2) is 71.3. The minimum atomic E-state index is -4.96. The molecule has 0 saturated carbocycles. The van der Waals surface area contributed by atoms with Gasteiger partial charge in [-0.2, -0.15) is 0 Å². The number of phosphoric acid groups is 2. The number of hydrogen-bond acceptors (Lipinski definition) is 15. The Morgan fingerprint density at radius 1 is 0.290 bits per heavy atom. The van der Waals surface area contributed by atoms with E-state index in [2.05, 4.69) is 48.5 Å². The lowest BCUT2D eigenvalue weighted by Crippen LogP contribution is -2.30. The summed E-state index contributed by atoms with van der Waals surface area (Å²) in [5.74, 6) is 0.270. The van der Waals surface area contributed by atoms with Gasteiger partial charge in [-0.3, -0.25) is 37.3 Å². The summed E-state index contributed by atoms with van der Waals surface area (Å²) in [5.41, 5.74) is 0. The molecule has 0 rings (SSSR count). The zero-order valence-electron chi connectivity index (χ0n) is 65.7. The molecule has 0 aromatic heterocycles. The maximum Gasteiger partial charge on any atom is 0.472 e. The maximum atomic E-state index is 13.1. The second-order valence-electron chi connectivity index (χ2n) is 30.4. The predicted octanol–water partition coefficient (Wildman–Crippen LogP) is 24.1. The SMILES string of the molecule is CCCCCCCCCCCCCCCC(=O)O[C@H](COC(=O)CCCCCCCCCCC(C)CC)COP(=O)(O)OC[C@H](O)COP(=O)(O)OC[C@@H](COC(=O)CCCCCCCCCCCCCCCCC(C)C)OC(=O)CCCCCCCCCCCCCCCCCC(C)C. The molecule has 0 radical (unpaired) electrons. The van der Waals surface area contributed by atoms with Gasteiger partial charge in [-0.1, -0.05) is 370 Å². The molecule has 0 fully saturated rings. The lowest BCUT2D eigenvalue weighted by molar-refractivity contribution is -0.161. The number of carbonyl (C=O) groups excluding carboxylic acids is 4. The molecule has 100 heavy (non-hydrogen) atoms. The molecule has 0 bridgehead atoms. The first-order valence-corrected chi connectivity index (χ1v) is 44.9. The van der Waals surface area contributed by atoms with Gasteiger partial charge >= 0.3 is 39.5 Å². The smallest absolute Gasteiger partial charge is 0.462 e. The molecule has 0 spiro atoms. The van der Waals surface area contributed by atoms with Crippen molar-refractivity contribution in [1.29, 1.82) is 0 Å². The Morgan fingerprint density at radius 3 is 0.760 bits per heavy atom. The molecule has 594 valence electrons. The van der Waals surface area contributed by atoms with E-state index in [9.17, 15) is 43.2 Å². The number of rotatable bonds is 79. The summed E-state index contributed by atoms with van der Waals surface area (Å²) < 4.78 is 68.7. The van der Waals surface area contributed by atoms with Gasteiger partial charge in [-0.05, 0) is 43.4 Å². The Bertz CT molecular complexity index is 1940. The fourth-order valence-corrected chi connectivity index (χ4v) is 14.0. The van der Waals surface area contributed by atoms with Crippen LogP contribution >= 0.6 is 15.6 Å². The summed E-state index contributed by atoms with van der Waals surface area (Å²) in [6.45, 7) is 12.0. The Hall–Kier alpha value is -1.94. The minimum Gasteiger partial charge on any atom is -0.462 e. The molecular formula is C81H158O17P2. The summed E-state index contributed by atoms with van der Waals surface area (Å²) in [4.78, 5) is 73.1. The topological polar surface area (TPSA) is 237 Å². The van der Waals surface area contributed by atoms with Crippen LogP contribution in [0.1, 0.15) is 421 Å². The number of aliphatic hydroxyl groups is 1. The van der Waals surface area contributed by atoms with Crippen molar-refractivity contribution in [3.8, 4) is 0 Å². The number of hydrogen-bond donors (Lipinski definition) is 3. The summed E-state index contributed by atoms with van der Waals surface area (Å²) in [5, 5.41) is 10.6. The van der Waals surface area contributed by atoms with E-state index < -0.39 is 97.5 Å². The number of carbonyl (C=O) groups is 4. The van der Waals surface area contributed by atoms with Crippen LogP contribution in [0, 0.1) is 17.8 Å². The van der Waals surface area contributed by atoms with E-state index in [-0.39, 0.29) is 25.7 Å². The van der Waals surface area contributed by atoms with E-state index in [1.165, 1.54) is 231 Å². The van der Waals surface area contributed by atoms with Gasteiger partial charge in [0, 0.05) is 25.7 Å². The highest BCUT2D eigenvalue weighted by atomic mass is 31.2. The fourth-order valence-electron chi connectivity index (χ4n) is 12.5.